The second-order valence-electron chi connectivity index (χ2n) is 7.19. The van der Waals surface area contributed by atoms with Crippen LogP contribution in [0, 0.1) is 5.92 Å². The Kier molecular flexibility index (Phi) is 6.59. The van der Waals surface area contributed by atoms with Crippen LogP contribution in [0.3, 0.4) is 0 Å². The maximum atomic E-state index is 12.4. The summed E-state index contributed by atoms with van der Waals surface area (Å²) < 4.78 is 21.5. The van der Waals surface area contributed by atoms with E-state index < -0.39 is 12.1 Å². The van der Waals surface area contributed by atoms with Crippen molar-refractivity contribution in [2.75, 3.05) is 13.4 Å². The molecule has 7 heteroatoms. The van der Waals surface area contributed by atoms with Crippen LogP contribution in [0.1, 0.15) is 36.7 Å². The number of esters is 1. The van der Waals surface area contributed by atoms with Crippen molar-refractivity contribution in [1.29, 1.82) is 0 Å². The van der Waals surface area contributed by atoms with E-state index in [1.165, 1.54) is 6.92 Å². The van der Waals surface area contributed by atoms with Gasteiger partial charge in [-0.05, 0) is 48.7 Å². The molecule has 1 aliphatic rings. The van der Waals surface area contributed by atoms with Crippen LogP contribution < -0.4 is 19.5 Å². The largest absolute Gasteiger partial charge is 0.493 e. The second-order valence-corrected chi connectivity index (χ2v) is 7.19. The maximum absolute atomic E-state index is 12.4. The Balaban J connectivity index is 1.51. The molecule has 29 heavy (non-hydrogen) atoms. The van der Waals surface area contributed by atoms with Crippen LogP contribution in [0.2, 0.25) is 0 Å². The molecule has 1 amide bonds. The van der Waals surface area contributed by atoms with Gasteiger partial charge in [-0.15, -0.1) is 0 Å². The molecular weight excluding hydrogens is 374 g/mol. The number of carbonyl (C=O) groups excluding carboxylic acids is 2. The molecule has 154 valence electrons. The Labute approximate surface area is 169 Å². The first-order chi connectivity index (χ1) is 13.9. The average Bonchev–Trinajstić information content (AvgIpc) is 3.18. The van der Waals surface area contributed by atoms with E-state index in [0.717, 1.165) is 5.56 Å². The van der Waals surface area contributed by atoms with E-state index in [0.29, 0.717) is 35.3 Å². The number of hydrogen-bond donors (Lipinski definition) is 1. The monoisotopic (exact) mass is 399 g/mol. The molecule has 2 aromatic carbocycles. The molecule has 0 bridgehead atoms. The molecule has 0 saturated heterocycles. The molecule has 7 nitrogen and oxygen atoms in total. The normalized spacial score (nSPS) is 13.1. The minimum atomic E-state index is -0.934. The molecule has 2 aromatic rings. The van der Waals surface area contributed by atoms with Gasteiger partial charge in [-0.2, -0.15) is 0 Å². The lowest BCUT2D eigenvalue weighted by atomic mass is 10.2. The number of fused-ring (bicyclic) bond motifs is 1. The third-order valence-corrected chi connectivity index (χ3v) is 4.21. The van der Waals surface area contributed by atoms with Crippen LogP contribution in [0.4, 0.5) is 0 Å². The average molecular weight is 399 g/mol. The van der Waals surface area contributed by atoms with E-state index in [1.807, 2.05) is 26.0 Å². The lowest BCUT2D eigenvalue weighted by Gasteiger charge is -2.14. The molecule has 0 aromatic heterocycles. The molecule has 0 radical (unpaired) electrons. The highest BCUT2D eigenvalue weighted by Crippen LogP contribution is 2.32. The van der Waals surface area contributed by atoms with Crippen molar-refractivity contribution >= 4 is 11.9 Å². The number of carbonyl (C=O) groups is 2. The van der Waals surface area contributed by atoms with Crippen LogP contribution in [0.5, 0.6) is 17.2 Å². The SMILES string of the molecule is CC(C)COc1cccc(C(=O)O[C@H](C)C(=O)NCc2ccc3c(c2)OCO3)c1. The molecule has 0 spiro atoms. The predicted octanol–water partition coefficient (Wildman–Crippen LogP) is 3.31. The van der Waals surface area contributed by atoms with Gasteiger partial charge >= 0.3 is 5.97 Å². The summed E-state index contributed by atoms with van der Waals surface area (Å²) in [7, 11) is 0. The summed E-state index contributed by atoms with van der Waals surface area (Å²) in [5.74, 6) is 1.33. The molecule has 1 atom stereocenters. The van der Waals surface area contributed by atoms with Gasteiger partial charge in [0.05, 0.1) is 12.2 Å². The van der Waals surface area contributed by atoms with Gasteiger partial charge in [-0.1, -0.05) is 26.0 Å². The van der Waals surface area contributed by atoms with Crippen LogP contribution >= 0.6 is 0 Å². The maximum Gasteiger partial charge on any atom is 0.339 e. The predicted molar refractivity (Wildman–Crippen MR) is 106 cm³/mol. The van der Waals surface area contributed by atoms with Crippen molar-refractivity contribution in [3.63, 3.8) is 0 Å². The number of benzene rings is 2. The summed E-state index contributed by atoms with van der Waals surface area (Å²) in [5.41, 5.74) is 1.19. The van der Waals surface area contributed by atoms with Gasteiger partial charge in [0.2, 0.25) is 6.79 Å². The summed E-state index contributed by atoms with van der Waals surface area (Å²) in [6.45, 7) is 6.66. The highest BCUT2D eigenvalue weighted by molar-refractivity contribution is 5.92. The van der Waals surface area contributed by atoms with E-state index in [1.54, 1.807) is 30.3 Å². The van der Waals surface area contributed by atoms with Gasteiger partial charge in [-0.3, -0.25) is 4.79 Å². The van der Waals surface area contributed by atoms with Crippen molar-refractivity contribution in [3.05, 3.63) is 53.6 Å². The number of ether oxygens (including phenoxy) is 4. The molecule has 0 saturated carbocycles. The molecule has 1 N–H and O–H groups in total. The molecule has 1 heterocycles. The van der Waals surface area contributed by atoms with Crippen LogP contribution in [-0.4, -0.2) is 31.4 Å². The third kappa shape index (κ3) is 5.63. The first-order valence-corrected chi connectivity index (χ1v) is 9.52. The van der Waals surface area contributed by atoms with E-state index in [4.69, 9.17) is 18.9 Å². The zero-order chi connectivity index (χ0) is 20.8. The Bertz CT molecular complexity index is 879. The Morgan fingerprint density at radius 3 is 2.66 bits per heavy atom. The lowest BCUT2D eigenvalue weighted by Crippen LogP contribution is -2.35. The van der Waals surface area contributed by atoms with Crippen molar-refractivity contribution in [2.24, 2.45) is 5.92 Å². The first kappa shape index (κ1) is 20.5. The van der Waals surface area contributed by atoms with Gasteiger partial charge in [0, 0.05) is 6.54 Å². The summed E-state index contributed by atoms with van der Waals surface area (Å²) in [6.07, 6.45) is -0.934. The van der Waals surface area contributed by atoms with Gasteiger partial charge in [-0.25, -0.2) is 4.79 Å². The fraction of sp³-hybridized carbons (Fsp3) is 0.364. The van der Waals surface area contributed by atoms with Crippen LogP contribution in [0.25, 0.3) is 0 Å². The zero-order valence-corrected chi connectivity index (χ0v) is 16.8. The number of hydrogen-bond acceptors (Lipinski definition) is 6. The van der Waals surface area contributed by atoms with Crippen molar-refractivity contribution in [3.8, 4) is 17.2 Å². The number of rotatable bonds is 8. The Hall–Kier alpha value is -3.22. The van der Waals surface area contributed by atoms with E-state index in [9.17, 15) is 9.59 Å². The number of amides is 1. The summed E-state index contributed by atoms with van der Waals surface area (Å²) in [4.78, 5) is 24.7. The Morgan fingerprint density at radius 1 is 1.07 bits per heavy atom. The topological polar surface area (TPSA) is 83.1 Å². The van der Waals surface area contributed by atoms with Crippen molar-refractivity contribution in [2.45, 2.75) is 33.4 Å². The number of nitrogens with one attached hydrogen (secondary N) is 1. The molecule has 3 rings (SSSR count). The summed E-state index contributed by atoms with van der Waals surface area (Å²) >= 11 is 0. The van der Waals surface area contributed by atoms with Gasteiger partial charge in [0.1, 0.15) is 5.75 Å². The van der Waals surface area contributed by atoms with Crippen LogP contribution in [-0.2, 0) is 16.1 Å². The minimum absolute atomic E-state index is 0.196. The minimum Gasteiger partial charge on any atom is -0.493 e. The highest BCUT2D eigenvalue weighted by Gasteiger charge is 2.20. The summed E-state index contributed by atoms with van der Waals surface area (Å²) in [5, 5.41) is 2.75. The van der Waals surface area contributed by atoms with Gasteiger partial charge < -0.3 is 24.3 Å². The smallest absolute Gasteiger partial charge is 0.339 e. The van der Waals surface area contributed by atoms with E-state index in [2.05, 4.69) is 5.32 Å². The summed E-state index contributed by atoms with van der Waals surface area (Å²) in [6, 6.07) is 12.2. The van der Waals surface area contributed by atoms with E-state index in [-0.39, 0.29) is 19.2 Å². The molecular formula is C22H25NO6. The molecule has 1 aliphatic heterocycles. The van der Waals surface area contributed by atoms with Gasteiger partial charge in [0.15, 0.2) is 17.6 Å². The van der Waals surface area contributed by atoms with Crippen molar-refractivity contribution in [1.82, 2.24) is 5.32 Å². The molecule has 0 unspecified atom stereocenters. The van der Waals surface area contributed by atoms with Gasteiger partial charge in [0.25, 0.3) is 5.91 Å². The fourth-order valence-electron chi connectivity index (χ4n) is 2.64. The quantitative estimate of drug-likeness (QED) is 0.686. The Morgan fingerprint density at radius 2 is 1.86 bits per heavy atom. The second kappa shape index (κ2) is 9.32. The standard InChI is InChI=1S/C22H25NO6/c1-14(2)12-26-18-6-4-5-17(10-18)22(25)29-15(3)21(24)23-11-16-7-8-19-20(9-16)28-13-27-19/h4-10,14-15H,11-13H2,1-3H3,(H,23,24)/t15-/m1/s1. The van der Waals surface area contributed by atoms with Crippen molar-refractivity contribution < 1.29 is 28.5 Å². The van der Waals surface area contributed by atoms with Crippen LogP contribution in [0.15, 0.2) is 42.5 Å². The zero-order valence-electron chi connectivity index (χ0n) is 16.8. The molecule has 0 fully saturated rings. The van der Waals surface area contributed by atoms with E-state index >= 15 is 0 Å². The first-order valence-electron chi connectivity index (χ1n) is 9.52. The fourth-order valence-corrected chi connectivity index (χ4v) is 2.64. The highest BCUT2D eigenvalue weighted by atomic mass is 16.7. The third-order valence-electron chi connectivity index (χ3n) is 4.21. The molecule has 0 aliphatic carbocycles. The lowest BCUT2D eigenvalue weighted by molar-refractivity contribution is -0.129.